The second-order valence-electron chi connectivity index (χ2n) is 6.28. The average molecular weight is 267 g/mol. The molecule has 3 heteroatoms. The molecule has 104 valence electrons. The highest BCUT2D eigenvalue weighted by Crippen LogP contribution is 2.30. The lowest BCUT2D eigenvalue weighted by Crippen LogP contribution is -2.14. The van der Waals surface area contributed by atoms with Crippen LogP contribution in [-0.4, -0.2) is 9.55 Å². The molecule has 0 fully saturated rings. The second-order valence-corrected chi connectivity index (χ2v) is 6.28. The topological polar surface area (TPSA) is 41.6 Å². The fraction of sp³-hybridized carbons (Fsp3) is 0.412. The molecule has 0 spiro atoms. The van der Waals surface area contributed by atoms with Gasteiger partial charge in [-0.3, -0.25) is 0 Å². The van der Waals surface area contributed by atoms with Crippen molar-refractivity contribution >= 4 is 0 Å². The van der Waals surface area contributed by atoms with Gasteiger partial charge in [-0.1, -0.05) is 39.0 Å². The molecule has 0 radical (unpaired) electrons. The van der Waals surface area contributed by atoms with Crippen molar-refractivity contribution in [2.75, 3.05) is 0 Å². The van der Waals surface area contributed by atoms with Crippen molar-refractivity contribution in [3.05, 3.63) is 53.1 Å². The predicted molar refractivity (Wildman–Crippen MR) is 80.5 cm³/mol. The maximum Gasteiger partial charge on any atom is 0.130 e. The van der Waals surface area contributed by atoms with E-state index in [9.17, 15) is 5.26 Å². The molecule has 0 aliphatic heterocycles. The molecule has 0 bridgehead atoms. The van der Waals surface area contributed by atoms with Crippen molar-refractivity contribution < 1.29 is 0 Å². The summed E-state index contributed by atoms with van der Waals surface area (Å²) in [7, 11) is 1.93. The highest BCUT2D eigenvalue weighted by Gasteiger charge is 2.22. The largest absolute Gasteiger partial charge is 0.337 e. The third-order valence-electron chi connectivity index (χ3n) is 3.70. The van der Waals surface area contributed by atoms with Gasteiger partial charge in [0, 0.05) is 19.4 Å². The Hall–Kier alpha value is -2.08. The summed E-state index contributed by atoms with van der Waals surface area (Å²) >= 11 is 0. The van der Waals surface area contributed by atoms with Gasteiger partial charge in [-0.25, -0.2) is 4.98 Å². The van der Waals surface area contributed by atoms with Gasteiger partial charge >= 0.3 is 0 Å². The summed E-state index contributed by atoms with van der Waals surface area (Å²) in [6.45, 7) is 8.60. The molecule has 2 aromatic rings. The molecule has 0 amide bonds. The van der Waals surface area contributed by atoms with Gasteiger partial charge in [0.15, 0.2) is 0 Å². The Morgan fingerprint density at radius 2 is 2.00 bits per heavy atom. The summed E-state index contributed by atoms with van der Waals surface area (Å²) in [4.78, 5) is 4.34. The van der Waals surface area contributed by atoms with Gasteiger partial charge in [-0.2, -0.15) is 5.26 Å². The standard InChI is InChI=1S/C17H21N3/c1-12-6-7-13(17(2,3)4)10-14(12)15(11-18)16-19-8-9-20(16)5/h6-10,15H,1-5H3. The second kappa shape index (κ2) is 5.13. The first kappa shape index (κ1) is 14.3. The van der Waals surface area contributed by atoms with Crippen LogP contribution in [0.2, 0.25) is 0 Å². The zero-order chi connectivity index (χ0) is 14.9. The molecule has 1 unspecified atom stereocenters. The van der Waals surface area contributed by atoms with Gasteiger partial charge in [0.25, 0.3) is 0 Å². The molecular formula is C17H21N3. The number of rotatable bonds is 2. The van der Waals surface area contributed by atoms with Gasteiger partial charge in [0.05, 0.1) is 6.07 Å². The quantitative estimate of drug-likeness (QED) is 0.833. The van der Waals surface area contributed by atoms with Crippen LogP contribution in [0.25, 0.3) is 0 Å². The van der Waals surface area contributed by atoms with Crippen molar-refractivity contribution in [2.45, 2.75) is 39.0 Å². The van der Waals surface area contributed by atoms with E-state index in [1.807, 2.05) is 17.8 Å². The Labute approximate surface area is 120 Å². The Morgan fingerprint density at radius 1 is 1.30 bits per heavy atom. The Balaban J connectivity index is 2.56. The minimum absolute atomic E-state index is 0.0735. The van der Waals surface area contributed by atoms with Gasteiger partial charge in [-0.05, 0) is 29.0 Å². The fourth-order valence-corrected chi connectivity index (χ4v) is 2.34. The van der Waals surface area contributed by atoms with E-state index in [1.54, 1.807) is 6.20 Å². The van der Waals surface area contributed by atoms with Crippen LogP contribution >= 0.6 is 0 Å². The predicted octanol–water partition coefficient (Wildman–Crippen LogP) is 3.68. The summed E-state index contributed by atoms with van der Waals surface area (Å²) in [6.07, 6.45) is 3.62. The minimum atomic E-state index is -0.322. The smallest absolute Gasteiger partial charge is 0.130 e. The van der Waals surface area contributed by atoms with E-state index in [2.05, 4.69) is 56.9 Å². The average Bonchev–Trinajstić information content (AvgIpc) is 2.78. The lowest BCUT2D eigenvalue weighted by Gasteiger charge is -2.22. The van der Waals surface area contributed by atoms with E-state index < -0.39 is 0 Å². The van der Waals surface area contributed by atoms with Crippen molar-refractivity contribution in [3.8, 4) is 6.07 Å². The van der Waals surface area contributed by atoms with E-state index in [0.29, 0.717) is 0 Å². The molecule has 0 aliphatic carbocycles. The molecule has 3 nitrogen and oxygen atoms in total. The van der Waals surface area contributed by atoms with Crippen molar-refractivity contribution in [1.29, 1.82) is 5.26 Å². The third-order valence-corrected chi connectivity index (χ3v) is 3.70. The van der Waals surface area contributed by atoms with E-state index in [-0.39, 0.29) is 11.3 Å². The maximum absolute atomic E-state index is 9.59. The Morgan fingerprint density at radius 3 is 2.50 bits per heavy atom. The van der Waals surface area contributed by atoms with Crippen LogP contribution in [0.1, 0.15) is 49.2 Å². The van der Waals surface area contributed by atoms with Crippen LogP contribution in [0.5, 0.6) is 0 Å². The molecule has 0 saturated carbocycles. The first-order valence-electron chi connectivity index (χ1n) is 6.82. The van der Waals surface area contributed by atoms with Crippen LogP contribution in [0.15, 0.2) is 30.6 Å². The molecule has 0 saturated heterocycles. The molecule has 0 N–H and O–H groups in total. The maximum atomic E-state index is 9.59. The van der Waals surface area contributed by atoms with Crippen LogP contribution in [0.3, 0.4) is 0 Å². The van der Waals surface area contributed by atoms with E-state index in [0.717, 1.165) is 17.0 Å². The number of nitrogens with zero attached hydrogens (tertiary/aromatic N) is 3. The zero-order valence-corrected chi connectivity index (χ0v) is 12.8. The lowest BCUT2D eigenvalue weighted by atomic mass is 9.83. The lowest BCUT2D eigenvalue weighted by molar-refractivity contribution is 0.588. The highest BCUT2D eigenvalue weighted by molar-refractivity contribution is 5.42. The van der Waals surface area contributed by atoms with Crippen LogP contribution in [0, 0.1) is 18.3 Å². The number of aromatic nitrogens is 2. The van der Waals surface area contributed by atoms with Gasteiger partial charge < -0.3 is 4.57 Å². The van der Waals surface area contributed by atoms with Gasteiger partial charge in [0.1, 0.15) is 11.7 Å². The van der Waals surface area contributed by atoms with Crippen LogP contribution < -0.4 is 0 Å². The Kier molecular flexibility index (Phi) is 3.67. The van der Waals surface area contributed by atoms with E-state index in [1.165, 1.54) is 5.56 Å². The number of hydrogen-bond donors (Lipinski definition) is 0. The number of benzene rings is 1. The molecule has 1 atom stereocenters. The van der Waals surface area contributed by atoms with Crippen LogP contribution in [0.4, 0.5) is 0 Å². The summed E-state index contributed by atoms with van der Waals surface area (Å²) in [5, 5.41) is 9.59. The van der Waals surface area contributed by atoms with Gasteiger partial charge in [0.2, 0.25) is 0 Å². The molecule has 2 rings (SSSR count). The summed E-state index contributed by atoms with van der Waals surface area (Å²) in [5.74, 6) is 0.471. The normalized spacial score (nSPS) is 13.0. The number of nitriles is 1. The number of aryl methyl sites for hydroxylation is 2. The highest BCUT2D eigenvalue weighted by atomic mass is 15.0. The number of hydrogen-bond acceptors (Lipinski definition) is 2. The number of imidazole rings is 1. The zero-order valence-electron chi connectivity index (χ0n) is 12.8. The fourth-order valence-electron chi connectivity index (χ4n) is 2.34. The molecule has 1 aromatic carbocycles. The van der Waals surface area contributed by atoms with Crippen molar-refractivity contribution in [2.24, 2.45) is 7.05 Å². The van der Waals surface area contributed by atoms with E-state index in [4.69, 9.17) is 0 Å². The summed E-state index contributed by atoms with van der Waals surface area (Å²) in [5.41, 5.74) is 3.50. The van der Waals surface area contributed by atoms with Crippen LogP contribution in [-0.2, 0) is 12.5 Å². The SMILES string of the molecule is Cc1ccc(C(C)(C)C)cc1C(C#N)c1nccn1C. The monoisotopic (exact) mass is 267 g/mol. The molecular weight excluding hydrogens is 246 g/mol. The summed E-state index contributed by atoms with van der Waals surface area (Å²) in [6, 6.07) is 8.79. The first-order valence-corrected chi connectivity index (χ1v) is 6.82. The van der Waals surface area contributed by atoms with Crippen molar-refractivity contribution in [3.63, 3.8) is 0 Å². The molecule has 1 aromatic heterocycles. The molecule has 20 heavy (non-hydrogen) atoms. The Bertz CT molecular complexity index is 654. The van der Waals surface area contributed by atoms with Gasteiger partial charge in [-0.15, -0.1) is 0 Å². The molecule has 1 heterocycles. The third kappa shape index (κ3) is 2.60. The summed E-state index contributed by atoms with van der Waals surface area (Å²) < 4.78 is 1.91. The molecule has 0 aliphatic rings. The first-order chi connectivity index (χ1) is 9.34. The van der Waals surface area contributed by atoms with Crippen molar-refractivity contribution in [1.82, 2.24) is 9.55 Å². The minimum Gasteiger partial charge on any atom is -0.337 e. The van der Waals surface area contributed by atoms with E-state index >= 15 is 0 Å².